The van der Waals surface area contributed by atoms with E-state index in [9.17, 15) is 8.42 Å². The van der Waals surface area contributed by atoms with Crippen molar-refractivity contribution in [3.8, 4) is 0 Å². The molecule has 0 fully saturated rings. The minimum atomic E-state index is -3.47. The van der Waals surface area contributed by atoms with E-state index >= 15 is 0 Å². The fourth-order valence-corrected chi connectivity index (χ4v) is 3.11. The molecular formula is C14H19N3O2S. The van der Waals surface area contributed by atoms with Crippen LogP contribution in [0.1, 0.15) is 11.3 Å². The van der Waals surface area contributed by atoms with Gasteiger partial charge >= 0.3 is 0 Å². The van der Waals surface area contributed by atoms with Crippen LogP contribution in [-0.4, -0.2) is 19.5 Å². The van der Waals surface area contributed by atoms with Crippen molar-refractivity contribution in [1.82, 2.24) is 9.29 Å². The van der Waals surface area contributed by atoms with Crippen molar-refractivity contribution >= 4 is 10.0 Å². The van der Waals surface area contributed by atoms with Crippen molar-refractivity contribution in [2.75, 3.05) is 6.54 Å². The van der Waals surface area contributed by atoms with Crippen LogP contribution in [0.3, 0.4) is 0 Å². The third-order valence-electron chi connectivity index (χ3n) is 3.15. The lowest BCUT2D eigenvalue weighted by molar-refractivity contribution is 0.581. The Bertz CT molecular complexity index is 663. The fraction of sp³-hybridized carbons (Fsp3) is 0.286. The highest BCUT2D eigenvalue weighted by molar-refractivity contribution is 7.89. The van der Waals surface area contributed by atoms with E-state index in [1.165, 1.54) is 0 Å². The van der Waals surface area contributed by atoms with E-state index in [1.807, 2.05) is 30.3 Å². The lowest BCUT2D eigenvalue weighted by Crippen LogP contribution is -2.25. The highest BCUT2D eigenvalue weighted by atomic mass is 32.2. The molecule has 0 aliphatic rings. The molecule has 0 amide bonds. The van der Waals surface area contributed by atoms with Gasteiger partial charge in [0, 0.05) is 32.0 Å². The van der Waals surface area contributed by atoms with E-state index in [2.05, 4.69) is 4.72 Å². The van der Waals surface area contributed by atoms with Crippen LogP contribution in [0, 0.1) is 0 Å². The Hall–Kier alpha value is -1.63. The van der Waals surface area contributed by atoms with E-state index in [0.717, 1.165) is 11.3 Å². The van der Waals surface area contributed by atoms with Crippen LogP contribution in [0.25, 0.3) is 0 Å². The molecule has 1 aromatic carbocycles. The summed E-state index contributed by atoms with van der Waals surface area (Å²) in [5.74, 6) is 0. The molecule has 0 aliphatic heterocycles. The Balaban J connectivity index is 2.00. The van der Waals surface area contributed by atoms with Gasteiger partial charge in [0.1, 0.15) is 0 Å². The van der Waals surface area contributed by atoms with E-state index < -0.39 is 10.0 Å². The van der Waals surface area contributed by atoms with Crippen LogP contribution < -0.4 is 10.5 Å². The summed E-state index contributed by atoms with van der Waals surface area (Å²) in [5, 5.41) is 0. The number of hydrogen-bond donors (Lipinski definition) is 2. The number of nitrogens with two attached hydrogens (primary N) is 1. The van der Waals surface area contributed by atoms with Gasteiger partial charge in [0.15, 0.2) is 0 Å². The summed E-state index contributed by atoms with van der Waals surface area (Å²) in [7, 11) is -1.69. The Labute approximate surface area is 119 Å². The van der Waals surface area contributed by atoms with Gasteiger partial charge in [0.2, 0.25) is 10.0 Å². The zero-order chi connectivity index (χ0) is 14.6. The molecule has 6 heteroatoms. The molecule has 20 heavy (non-hydrogen) atoms. The first-order valence-electron chi connectivity index (χ1n) is 6.42. The fourth-order valence-electron chi connectivity index (χ4n) is 1.98. The van der Waals surface area contributed by atoms with Crippen molar-refractivity contribution in [2.24, 2.45) is 12.8 Å². The normalized spacial score (nSPS) is 11.7. The number of nitrogens with zero attached hydrogens (tertiary/aromatic N) is 1. The van der Waals surface area contributed by atoms with E-state index in [1.54, 1.807) is 23.9 Å². The summed E-state index contributed by atoms with van der Waals surface area (Å²) in [6.45, 7) is 0.690. The van der Waals surface area contributed by atoms with Crippen LogP contribution in [0.15, 0.2) is 47.5 Å². The van der Waals surface area contributed by atoms with Crippen LogP contribution in [0.2, 0.25) is 0 Å². The molecule has 0 saturated heterocycles. The summed E-state index contributed by atoms with van der Waals surface area (Å²) in [5.41, 5.74) is 7.44. The molecule has 108 valence electrons. The van der Waals surface area contributed by atoms with Gasteiger partial charge in [-0.25, -0.2) is 13.1 Å². The minimum Gasteiger partial charge on any atom is -0.352 e. The van der Waals surface area contributed by atoms with Crippen molar-refractivity contribution in [1.29, 1.82) is 0 Å². The second-order valence-electron chi connectivity index (χ2n) is 4.62. The molecule has 1 heterocycles. The maximum Gasteiger partial charge on any atom is 0.242 e. The van der Waals surface area contributed by atoms with Gasteiger partial charge in [-0.15, -0.1) is 0 Å². The van der Waals surface area contributed by atoms with Gasteiger partial charge in [-0.2, -0.15) is 0 Å². The summed E-state index contributed by atoms with van der Waals surface area (Å²) in [6.07, 6.45) is 2.24. The molecule has 3 N–H and O–H groups in total. The molecule has 0 aliphatic carbocycles. The molecule has 0 saturated carbocycles. The number of aromatic nitrogens is 1. The van der Waals surface area contributed by atoms with Crippen molar-refractivity contribution in [3.05, 3.63) is 53.9 Å². The number of rotatable bonds is 6. The van der Waals surface area contributed by atoms with E-state index in [4.69, 9.17) is 5.73 Å². The summed E-state index contributed by atoms with van der Waals surface area (Å²) < 4.78 is 28.6. The molecule has 2 rings (SSSR count). The SMILES string of the molecule is Cn1cc(S(=O)(=O)NCCc2ccccc2)cc1CN. The van der Waals surface area contributed by atoms with Crippen LogP contribution in [0.4, 0.5) is 0 Å². The van der Waals surface area contributed by atoms with Gasteiger partial charge in [-0.05, 0) is 18.1 Å². The second-order valence-corrected chi connectivity index (χ2v) is 6.38. The monoisotopic (exact) mass is 293 g/mol. The third kappa shape index (κ3) is 3.47. The Morgan fingerprint density at radius 1 is 1.25 bits per heavy atom. The van der Waals surface area contributed by atoms with E-state index in [-0.39, 0.29) is 4.90 Å². The van der Waals surface area contributed by atoms with Gasteiger partial charge in [0.05, 0.1) is 4.90 Å². The minimum absolute atomic E-state index is 0.258. The molecule has 0 bridgehead atoms. The molecule has 2 aromatic rings. The third-order valence-corrected chi connectivity index (χ3v) is 4.58. The molecule has 0 atom stereocenters. The quantitative estimate of drug-likeness (QED) is 0.834. The summed E-state index contributed by atoms with van der Waals surface area (Å²) >= 11 is 0. The predicted molar refractivity (Wildman–Crippen MR) is 78.6 cm³/mol. The largest absolute Gasteiger partial charge is 0.352 e. The van der Waals surface area contributed by atoms with Crippen LogP contribution >= 0.6 is 0 Å². The van der Waals surface area contributed by atoms with Crippen LogP contribution in [-0.2, 0) is 30.0 Å². The number of nitrogens with one attached hydrogen (secondary N) is 1. The summed E-state index contributed by atoms with van der Waals surface area (Å²) in [6, 6.07) is 11.4. The summed E-state index contributed by atoms with van der Waals surface area (Å²) in [4.78, 5) is 0.258. The van der Waals surface area contributed by atoms with E-state index in [0.29, 0.717) is 19.5 Å². The number of hydrogen-bond acceptors (Lipinski definition) is 3. The maximum atomic E-state index is 12.1. The molecule has 5 nitrogen and oxygen atoms in total. The molecule has 0 spiro atoms. The highest BCUT2D eigenvalue weighted by Gasteiger charge is 2.16. The zero-order valence-electron chi connectivity index (χ0n) is 11.4. The second kappa shape index (κ2) is 6.21. The first kappa shape index (κ1) is 14.8. The van der Waals surface area contributed by atoms with Gasteiger partial charge in [-0.3, -0.25) is 0 Å². The van der Waals surface area contributed by atoms with Crippen molar-refractivity contribution < 1.29 is 8.42 Å². The number of benzene rings is 1. The average molecular weight is 293 g/mol. The Morgan fingerprint density at radius 3 is 2.55 bits per heavy atom. The average Bonchev–Trinajstić information content (AvgIpc) is 2.82. The van der Waals surface area contributed by atoms with Gasteiger partial charge in [0.25, 0.3) is 0 Å². The first-order valence-corrected chi connectivity index (χ1v) is 7.90. The molecule has 0 radical (unpaired) electrons. The lowest BCUT2D eigenvalue weighted by atomic mass is 10.2. The van der Waals surface area contributed by atoms with Crippen molar-refractivity contribution in [3.63, 3.8) is 0 Å². The Kier molecular flexibility index (Phi) is 4.59. The smallest absolute Gasteiger partial charge is 0.242 e. The maximum absolute atomic E-state index is 12.1. The van der Waals surface area contributed by atoms with Crippen molar-refractivity contribution in [2.45, 2.75) is 17.9 Å². The molecular weight excluding hydrogens is 274 g/mol. The molecule has 0 unspecified atom stereocenters. The topological polar surface area (TPSA) is 77.1 Å². The highest BCUT2D eigenvalue weighted by Crippen LogP contribution is 2.12. The number of aryl methyl sites for hydroxylation is 1. The number of sulfonamides is 1. The van der Waals surface area contributed by atoms with Gasteiger partial charge in [-0.1, -0.05) is 30.3 Å². The van der Waals surface area contributed by atoms with Crippen LogP contribution in [0.5, 0.6) is 0 Å². The molecule has 1 aromatic heterocycles. The predicted octanol–water partition coefficient (Wildman–Crippen LogP) is 1.00. The zero-order valence-corrected chi connectivity index (χ0v) is 12.2. The standard InChI is InChI=1S/C14H19N3O2S/c1-17-11-14(9-13(17)10-15)20(18,19)16-8-7-12-5-3-2-4-6-12/h2-6,9,11,16H,7-8,10,15H2,1H3. The lowest BCUT2D eigenvalue weighted by Gasteiger charge is -2.05. The van der Waals surface area contributed by atoms with Gasteiger partial charge < -0.3 is 10.3 Å². The first-order chi connectivity index (χ1) is 9.53. The Morgan fingerprint density at radius 2 is 1.95 bits per heavy atom.